The van der Waals surface area contributed by atoms with Crippen molar-refractivity contribution in [3.63, 3.8) is 0 Å². The maximum absolute atomic E-state index is 13.8. The molecule has 1 saturated heterocycles. The van der Waals surface area contributed by atoms with Crippen molar-refractivity contribution in [1.29, 1.82) is 0 Å². The van der Waals surface area contributed by atoms with Crippen LogP contribution in [0.15, 0.2) is 66.9 Å². The lowest BCUT2D eigenvalue weighted by molar-refractivity contribution is 0.0412. The van der Waals surface area contributed by atoms with Crippen molar-refractivity contribution in [1.82, 2.24) is 19.8 Å². The van der Waals surface area contributed by atoms with Crippen LogP contribution in [0.5, 0.6) is 5.75 Å². The van der Waals surface area contributed by atoms with E-state index in [1.165, 1.54) is 17.0 Å². The highest BCUT2D eigenvalue weighted by atomic mass is 19.1. The zero-order valence-electron chi connectivity index (χ0n) is 21.2. The summed E-state index contributed by atoms with van der Waals surface area (Å²) in [6.07, 6.45) is 3.81. The molecule has 6 nitrogen and oxygen atoms in total. The number of aromatic amines is 1. The van der Waals surface area contributed by atoms with E-state index in [0.717, 1.165) is 67.2 Å². The van der Waals surface area contributed by atoms with Crippen LogP contribution in [0, 0.1) is 5.82 Å². The van der Waals surface area contributed by atoms with E-state index in [1.807, 2.05) is 36.5 Å². The predicted molar refractivity (Wildman–Crippen MR) is 142 cm³/mol. The Bertz CT molecular complexity index is 1380. The molecule has 2 aromatic heterocycles. The van der Waals surface area contributed by atoms with E-state index in [2.05, 4.69) is 31.9 Å². The van der Waals surface area contributed by atoms with Gasteiger partial charge in [-0.1, -0.05) is 18.2 Å². The summed E-state index contributed by atoms with van der Waals surface area (Å²) in [5.41, 5.74) is 5.45. The predicted octanol–water partition coefficient (Wildman–Crippen LogP) is 4.79. The number of nitrogens with zero attached hydrogens (tertiary/aromatic N) is 3. The molecule has 7 heteroatoms. The fourth-order valence-electron chi connectivity index (χ4n) is 6.42. The number of aromatic nitrogens is 2. The summed E-state index contributed by atoms with van der Waals surface area (Å²) in [6.45, 7) is 4.18. The largest absolute Gasteiger partial charge is 0.497 e. The minimum absolute atomic E-state index is 0.0333. The molecule has 1 fully saturated rings. The Kier molecular flexibility index (Phi) is 6.44. The van der Waals surface area contributed by atoms with Crippen LogP contribution in [0.1, 0.15) is 41.4 Å². The number of likely N-dealkylation sites (tertiary alicyclic amines) is 1. The van der Waals surface area contributed by atoms with Crippen LogP contribution in [0.3, 0.4) is 0 Å². The number of pyridine rings is 1. The first kappa shape index (κ1) is 24.1. The van der Waals surface area contributed by atoms with Crippen LogP contribution in [0.2, 0.25) is 0 Å². The Balaban J connectivity index is 1.36. The van der Waals surface area contributed by atoms with Crippen molar-refractivity contribution in [2.45, 2.75) is 37.4 Å². The number of piperidine rings is 1. The quantitative estimate of drug-likeness (QED) is 0.399. The molecule has 0 bridgehead atoms. The topological polar surface area (TPSA) is 64.6 Å². The molecule has 2 N–H and O–H groups in total. The molecule has 0 radical (unpaired) electrons. The second kappa shape index (κ2) is 9.89. The van der Waals surface area contributed by atoms with Crippen molar-refractivity contribution in [2.75, 3.05) is 33.4 Å². The van der Waals surface area contributed by atoms with Gasteiger partial charge in [0.25, 0.3) is 0 Å². The Labute approximate surface area is 216 Å². The van der Waals surface area contributed by atoms with E-state index in [0.29, 0.717) is 6.54 Å². The summed E-state index contributed by atoms with van der Waals surface area (Å²) >= 11 is 0. The van der Waals surface area contributed by atoms with E-state index < -0.39 is 0 Å². The third kappa shape index (κ3) is 4.52. The molecule has 2 aliphatic heterocycles. The molecule has 0 amide bonds. The highest BCUT2D eigenvalue weighted by molar-refractivity contribution is 5.87. The monoisotopic (exact) mass is 500 g/mol. The summed E-state index contributed by atoms with van der Waals surface area (Å²) in [5.74, 6) is 0.633. The van der Waals surface area contributed by atoms with E-state index in [9.17, 15) is 9.50 Å². The number of methoxy groups -OCH3 is 1. The smallest absolute Gasteiger partial charge is 0.123 e. The summed E-state index contributed by atoms with van der Waals surface area (Å²) in [7, 11) is 1.69. The lowest BCUT2D eigenvalue weighted by Gasteiger charge is -2.50. The lowest BCUT2D eigenvalue weighted by Crippen LogP contribution is -2.53. The Morgan fingerprint density at radius 1 is 1.08 bits per heavy atom. The Hall–Kier alpha value is -3.26. The molecule has 4 aromatic rings. The molecular weight excluding hydrogens is 467 g/mol. The van der Waals surface area contributed by atoms with Gasteiger partial charge in [-0.25, -0.2) is 4.39 Å². The van der Waals surface area contributed by atoms with E-state index in [-0.39, 0.29) is 23.9 Å². The number of hydrogen-bond donors (Lipinski definition) is 2. The van der Waals surface area contributed by atoms with Gasteiger partial charge in [-0.05, 0) is 73.5 Å². The second-order valence-corrected chi connectivity index (χ2v) is 10.4. The average molecular weight is 501 g/mol. The Morgan fingerprint density at radius 3 is 2.68 bits per heavy atom. The molecular formula is C30H33FN4O2. The molecule has 0 unspecified atom stereocenters. The van der Waals surface area contributed by atoms with Gasteiger partial charge in [0.15, 0.2) is 0 Å². The minimum Gasteiger partial charge on any atom is -0.497 e. The van der Waals surface area contributed by atoms with E-state index in [1.54, 1.807) is 19.2 Å². The number of fused-ring (bicyclic) bond motifs is 4. The number of halogens is 1. The van der Waals surface area contributed by atoms with Crippen molar-refractivity contribution < 1.29 is 14.2 Å². The Morgan fingerprint density at radius 2 is 1.95 bits per heavy atom. The molecule has 192 valence electrons. The standard InChI is InChI=1S/C30H33FN4O2/c1-37-24-8-9-25-26(16-24)33-29-27(19-36)35(18-23-7-2-3-12-32-23)20-30(28(25)29)10-13-34(14-11-30)17-21-5-4-6-22(31)15-21/h2-9,12,15-16,27,33,36H,10-11,13-14,17-20H2,1H3/t27-/m0/s1. The molecule has 1 atom stereocenters. The molecule has 6 rings (SSSR count). The lowest BCUT2D eigenvalue weighted by atomic mass is 9.68. The molecule has 37 heavy (non-hydrogen) atoms. The summed E-state index contributed by atoms with van der Waals surface area (Å²) < 4.78 is 19.3. The molecule has 4 heterocycles. The first-order valence-corrected chi connectivity index (χ1v) is 13.0. The SMILES string of the molecule is COc1ccc2c3c([nH]c2c1)[C@H](CO)N(Cc1ccccn1)CC31CCN(Cc2cccc(F)c2)CC1. The first-order valence-electron chi connectivity index (χ1n) is 13.0. The zero-order valence-corrected chi connectivity index (χ0v) is 21.2. The maximum Gasteiger partial charge on any atom is 0.123 e. The van der Waals surface area contributed by atoms with E-state index in [4.69, 9.17) is 4.74 Å². The van der Waals surface area contributed by atoms with Crippen molar-refractivity contribution in [2.24, 2.45) is 0 Å². The van der Waals surface area contributed by atoms with Crippen molar-refractivity contribution in [3.8, 4) is 5.75 Å². The number of benzene rings is 2. The maximum atomic E-state index is 13.8. The van der Waals surface area contributed by atoms with Gasteiger partial charge in [0.05, 0.1) is 25.5 Å². The summed E-state index contributed by atoms with van der Waals surface area (Å²) in [5, 5.41) is 11.8. The highest BCUT2D eigenvalue weighted by Crippen LogP contribution is 2.49. The van der Waals surface area contributed by atoms with Crippen LogP contribution in [0.4, 0.5) is 4.39 Å². The third-order valence-electron chi connectivity index (χ3n) is 8.22. The number of hydrogen-bond acceptors (Lipinski definition) is 5. The van der Waals surface area contributed by atoms with Gasteiger partial charge in [-0.15, -0.1) is 0 Å². The van der Waals surface area contributed by atoms with Crippen molar-refractivity contribution in [3.05, 3.63) is 95.2 Å². The highest BCUT2D eigenvalue weighted by Gasteiger charge is 2.47. The average Bonchev–Trinajstić information content (AvgIpc) is 3.30. The minimum atomic E-state index is -0.183. The van der Waals surface area contributed by atoms with Crippen LogP contribution >= 0.6 is 0 Å². The van der Waals surface area contributed by atoms with Crippen LogP contribution in [-0.2, 0) is 18.5 Å². The second-order valence-electron chi connectivity index (χ2n) is 10.4. The van der Waals surface area contributed by atoms with Crippen LogP contribution < -0.4 is 4.74 Å². The number of nitrogens with one attached hydrogen (secondary N) is 1. The van der Waals surface area contributed by atoms with Crippen molar-refractivity contribution >= 4 is 10.9 Å². The summed E-state index contributed by atoms with van der Waals surface area (Å²) in [6, 6.07) is 19.0. The normalized spacial score (nSPS) is 19.8. The number of rotatable bonds is 6. The van der Waals surface area contributed by atoms with Gasteiger partial charge >= 0.3 is 0 Å². The van der Waals surface area contributed by atoms with Gasteiger partial charge < -0.3 is 14.8 Å². The fourth-order valence-corrected chi connectivity index (χ4v) is 6.42. The number of H-pyrrole nitrogens is 1. The van der Waals surface area contributed by atoms with Crippen LogP contribution in [-0.4, -0.2) is 58.2 Å². The van der Waals surface area contributed by atoms with E-state index >= 15 is 0 Å². The molecule has 2 aromatic carbocycles. The number of ether oxygens (including phenoxy) is 1. The van der Waals surface area contributed by atoms with Gasteiger partial charge in [0.2, 0.25) is 0 Å². The number of aliphatic hydroxyl groups excluding tert-OH is 1. The molecule has 0 aliphatic carbocycles. The first-order chi connectivity index (χ1) is 18.1. The van der Waals surface area contributed by atoms with Gasteiger partial charge in [-0.2, -0.15) is 0 Å². The molecule has 1 spiro atoms. The molecule has 0 saturated carbocycles. The zero-order chi connectivity index (χ0) is 25.4. The fraction of sp³-hybridized carbons (Fsp3) is 0.367. The summed E-state index contributed by atoms with van der Waals surface area (Å²) in [4.78, 5) is 13.1. The van der Waals surface area contributed by atoms with Gasteiger partial charge in [-0.3, -0.25) is 14.8 Å². The van der Waals surface area contributed by atoms with Gasteiger partial charge in [0, 0.05) is 53.9 Å². The van der Waals surface area contributed by atoms with Crippen LogP contribution in [0.25, 0.3) is 10.9 Å². The third-order valence-corrected chi connectivity index (χ3v) is 8.22. The number of aliphatic hydroxyl groups is 1. The van der Waals surface area contributed by atoms with Gasteiger partial charge in [0.1, 0.15) is 11.6 Å². The molecule has 2 aliphatic rings.